The third kappa shape index (κ3) is 5.70. The summed E-state index contributed by atoms with van der Waals surface area (Å²) in [4.78, 5) is 5.30. The van der Waals surface area contributed by atoms with E-state index in [1.807, 2.05) is 12.1 Å². The summed E-state index contributed by atoms with van der Waals surface area (Å²) in [6.45, 7) is 6.40. The fraction of sp³-hybridized carbons (Fsp3) is 0.571. The van der Waals surface area contributed by atoms with Crippen molar-refractivity contribution >= 4 is 0 Å². The van der Waals surface area contributed by atoms with E-state index in [-0.39, 0.29) is 18.8 Å². The molecule has 5 rings (SSSR count). The zero-order valence-electron chi connectivity index (χ0n) is 20.1. The first kappa shape index (κ1) is 23.9. The minimum atomic E-state index is -0.396. The second kappa shape index (κ2) is 11.3. The molecule has 4 atom stereocenters. The second-order valence-corrected chi connectivity index (χ2v) is 10.1. The van der Waals surface area contributed by atoms with Gasteiger partial charge in [0.05, 0.1) is 18.8 Å². The molecule has 0 spiro atoms. The van der Waals surface area contributed by atoms with Crippen molar-refractivity contribution in [3.05, 3.63) is 70.8 Å². The molecule has 0 unspecified atom stereocenters. The van der Waals surface area contributed by atoms with Crippen molar-refractivity contribution in [2.75, 3.05) is 32.7 Å². The van der Waals surface area contributed by atoms with Crippen molar-refractivity contribution in [1.82, 2.24) is 9.80 Å². The van der Waals surface area contributed by atoms with E-state index in [9.17, 15) is 5.11 Å². The molecule has 3 heterocycles. The van der Waals surface area contributed by atoms with Gasteiger partial charge in [-0.1, -0.05) is 48.5 Å². The molecule has 0 aromatic heterocycles. The number of aliphatic hydroxyl groups is 1. The Bertz CT molecular complexity index is 843. The maximum Gasteiger partial charge on any atom is 0.184 e. The molecule has 184 valence electrons. The lowest BCUT2D eigenvalue weighted by atomic mass is 9.99. The van der Waals surface area contributed by atoms with Crippen LogP contribution in [-0.4, -0.2) is 59.8 Å². The van der Waals surface area contributed by atoms with Gasteiger partial charge >= 0.3 is 0 Å². The molecule has 0 radical (unpaired) electrons. The molecular weight excluding hydrogens is 426 g/mol. The van der Waals surface area contributed by atoms with Gasteiger partial charge in [0.1, 0.15) is 0 Å². The minimum absolute atomic E-state index is 0.0367. The summed E-state index contributed by atoms with van der Waals surface area (Å²) in [5.74, 6) is 0. The fourth-order valence-corrected chi connectivity index (χ4v) is 5.71. The Morgan fingerprint density at radius 3 is 2.24 bits per heavy atom. The van der Waals surface area contributed by atoms with Crippen LogP contribution in [0.1, 0.15) is 66.8 Å². The number of ether oxygens (including phenoxy) is 2. The first-order chi connectivity index (χ1) is 16.7. The summed E-state index contributed by atoms with van der Waals surface area (Å²) in [5.41, 5.74) is 10.00. The maximum absolute atomic E-state index is 9.43. The SMILES string of the molecule is NCc1ccc([C@H]2O[C@@H](CN3CCC[C@H]3CN3CCCC3)C[C@@H](c3ccc(CO)cc3)O2)cc1. The quantitative estimate of drug-likeness (QED) is 0.619. The molecule has 34 heavy (non-hydrogen) atoms. The number of aliphatic hydroxyl groups excluding tert-OH is 1. The molecule has 0 saturated carbocycles. The third-order valence-corrected chi connectivity index (χ3v) is 7.71. The fourth-order valence-electron chi connectivity index (χ4n) is 5.71. The van der Waals surface area contributed by atoms with Gasteiger partial charge in [-0.15, -0.1) is 0 Å². The summed E-state index contributed by atoms with van der Waals surface area (Å²) in [6.07, 6.45) is 5.76. The zero-order valence-corrected chi connectivity index (χ0v) is 20.1. The Kier molecular flexibility index (Phi) is 7.94. The first-order valence-corrected chi connectivity index (χ1v) is 13.0. The number of likely N-dealkylation sites (tertiary alicyclic amines) is 2. The lowest BCUT2D eigenvalue weighted by Gasteiger charge is -2.39. The average molecular weight is 466 g/mol. The lowest BCUT2D eigenvalue weighted by Crippen LogP contribution is -2.45. The van der Waals surface area contributed by atoms with Gasteiger partial charge in [-0.25, -0.2) is 0 Å². The summed E-state index contributed by atoms with van der Waals surface area (Å²) in [7, 11) is 0. The molecule has 3 aliphatic rings. The van der Waals surface area contributed by atoms with E-state index in [4.69, 9.17) is 15.2 Å². The summed E-state index contributed by atoms with van der Waals surface area (Å²) in [5, 5.41) is 9.43. The molecule has 2 aromatic carbocycles. The zero-order chi connectivity index (χ0) is 23.3. The Morgan fingerprint density at radius 2 is 1.53 bits per heavy atom. The second-order valence-electron chi connectivity index (χ2n) is 10.1. The van der Waals surface area contributed by atoms with Crippen LogP contribution in [0.5, 0.6) is 0 Å². The van der Waals surface area contributed by atoms with Crippen LogP contribution in [0.3, 0.4) is 0 Å². The van der Waals surface area contributed by atoms with Gasteiger partial charge in [0, 0.05) is 37.7 Å². The Balaban J connectivity index is 1.31. The highest BCUT2D eigenvalue weighted by Crippen LogP contribution is 2.38. The topological polar surface area (TPSA) is 71.2 Å². The van der Waals surface area contributed by atoms with Gasteiger partial charge in [-0.05, 0) is 62.0 Å². The highest BCUT2D eigenvalue weighted by Gasteiger charge is 2.36. The van der Waals surface area contributed by atoms with Crippen molar-refractivity contribution in [3.8, 4) is 0 Å². The number of hydrogen-bond donors (Lipinski definition) is 2. The van der Waals surface area contributed by atoms with E-state index in [0.29, 0.717) is 12.6 Å². The van der Waals surface area contributed by atoms with E-state index >= 15 is 0 Å². The molecule has 0 aliphatic carbocycles. The number of nitrogens with two attached hydrogens (primary N) is 1. The van der Waals surface area contributed by atoms with Crippen molar-refractivity contribution < 1.29 is 14.6 Å². The molecule has 2 aromatic rings. The normalized spacial score (nSPS) is 28.5. The highest BCUT2D eigenvalue weighted by atomic mass is 16.7. The Hall–Kier alpha value is -1.80. The molecule has 6 heteroatoms. The van der Waals surface area contributed by atoms with Crippen molar-refractivity contribution in [3.63, 3.8) is 0 Å². The van der Waals surface area contributed by atoms with Gasteiger partial charge in [-0.3, -0.25) is 4.90 Å². The van der Waals surface area contributed by atoms with Crippen LogP contribution in [0.4, 0.5) is 0 Å². The Morgan fingerprint density at radius 1 is 0.824 bits per heavy atom. The molecule has 3 N–H and O–H groups in total. The van der Waals surface area contributed by atoms with Crippen LogP contribution in [0.15, 0.2) is 48.5 Å². The number of nitrogens with zero attached hydrogens (tertiary/aromatic N) is 2. The van der Waals surface area contributed by atoms with Crippen LogP contribution in [0, 0.1) is 0 Å². The standard InChI is InChI=1S/C28H39N3O3/c29-17-21-5-11-24(12-6-21)28-33-26(16-27(34-28)23-9-7-22(20-32)8-10-23)19-31-15-3-4-25(31)18-30-13-1-2-14-30/h5-12,25-28,32H,1-4,13-20,29H2/t25-,26+,27-,28-/m0/s1. The molecule has 3 saturated heterocycles. The van der Waals surface area contributed by atoms with Crippen molar-refractivity contribution in [2.45, 2.75) is 69.8 Å². The molecule has 6 nitrogen and oxygen atoms in total. The smallest absolute Gasteiger partial charge is 0.184 e. The Labute approximate surface area is 203 Å². The highest BCUT2D eigenvalue weighted by molar-refractivity contribution is 5.26. The van der Waals surface area contributed by atoms with E-state index < -0.39 is 6.29 Å². The number of hydrogen-bond acceptors (Lipinski definition) is 6. The van der Waals surface area contributed by atoms with E-state index in [1.165, 1.54) is 45.3 Å². The number of rotatable bonds is 8. The van der Waals surface area contributed by atoms with Gasteiger partial charge in [-0.2, -0.15) is 0 Å². The summed E-state index contributed by atoms with van der Waals surface area (Å²) in [6, 6.07) is 17.0. The van der Waals surface area contributed by atoms with E-state index in [0.717, 1.165) is 41.8 Å². The predicted molar refractivity (Wildman–Crippen MR) is 133 cm³/mol. The van der Waals surface area contributed by atoms with Gasteiger partial charge in [0.15, 0.2) is 6.29 Å². The molecule has 0 amide bonds. The van der Waals surface area contributed by atoms with Crippen LogP contribution in [0.2, 0.25) is 0 Å². The summed E-state index contributed by atoms with van der Waals surface area (Å²) < 4.78 is 13.1. The maximum atomic E-state index is 9.43. The van der Waals surface area contributed by atoms with Crippen LogP contribution < -0.4 is 5.73 Å². The van der Waals surface area contributed by atoms with E-state index in [1.54, 1.807) is 0 Å². The van der Waals surface area contributed by atoms with Crippen molar-refractivity contribution in [1.29, 1.82) is 0 Å². The van der Waals surface area contributed by atoms with Crippen LogP contribution in [0.25, 0.3) is 0 Å². The lowest BCUT2D eigenvalue weighted by molar-refractivity contribution is -0.253. The molecule has 0 bridgehead atoms. The minimum Gasteiger partial charge on any atom is -0.392 e. The van der Waals surface area contributed by atoms with Gasteiger partial charge in [0.25, 0.3) is 0 Å². The predicted octanol–water partition coefficient (Wildman–Crippen LogP) is 3.74. The van der Waals surface area contributed by atoms with Gasteiger partial charge in [0.2, 0.25) is 0 Å². The molecule has 3 aliphatic heterocycles. The molecular formula is C28H39N3O3. The largest absolute Gasteiger partial charge is 0.392 e. The third-order valence-electron chi connectivity index (χ3n) is 7.71. The molecule has 3 fully saturated rings. The van der Waals surface area contributed by atoms with E-state index in [2.05, 4.69) is 46.2 Å². The van der Waals surface area contributed by atoms with Gasteiger partial charge < -0.3 is 25.2 Å². The van der Waals surface area contributed by atoms with Crippen LogP contribution >= 0.6 is 0 Å². The number of benzene rings is 2. The average Bonchev–Trinajstić information content (AvgIpc) is 3.56. The summed E-state index contributed by atoms with van der Waals surface area (Å²) >= 11 is 0. The monoisotopic (exact) mass is 465 g/mol. The first-order valence-electron chi connectivity index (χ1n) is 13.0. The van der Waals surface area contributed by atoms with Crippen LogP contribution in [-0.2, 0) is 22.6 Å². The van der Waals surface area contributed by atoms with Crippen molar-refractivity contribution in [2.24, 2.45) is 5.73 Å².